The largest absolute Gasteiger partial charge is 0.326 e. The second-order valence-electron chi connectivity index (χ2n) is 6.65. The predicted molar refractivity (Wildman–Crippen MR) is 95.8 cm³/mol. The normalized spacial score (nSPS) is 22.2. The molecule has 1 N–H and O–H groups in total. The van der Waals surface area contributed by atoms with E-state index in [1.54, 1.807) is 17.0 Å². The molecule has 1 atom stereocenters. The van der Waals surface area contributed by atoms with Gasteiger partial charge in [-0.05, 0) is 43.5 Å². The molecule has 136 valence electrons. The maximum atomic E-state index is 12.4. The highest BCUT2D eigenvalue weighted by Crippen LogP contribution is 2.24. The minimum atomic E-state index is -3.27. The van der Waals surface area contributed by atoms with E-state index in [0.29, 0.717) is 31.5 Å². The molecular formula is C17H23N3O4S. The fourth-order valence-corrected chi connectivity index (χ4v) is 4.26. The quantitative estimate of drug-likeness (QED) is 0.874. The van der Waals surface area contributed by atoms with Crippen LogP contribution in [0, 0.1) is 5.92 Å². The van der Waals surface area contributed by atoms with Crippen molar-refractivity contribution in [1.82, 2.24) is 4.31 Å². The molecule has 0 radical (unpaired) electrons. The third kappa shape index (κ3) is 4.19. The molecule has 1 aromatic rings. The Morgan fingerprint density at radius 2 is 1.88 bits per heavy atom. The van der Waals surface area contributed by atoms with E-state index in [2.05, 4.69) is 5.32 Å². The van der Waals surface area contributed by atoms with Gasteiger partial charge in [-0.1, -0.05) is 0 Å². The lowest BCUT2D eigenvalue weighted by Crippen LogP contribution is -2.43. The number of nitrogens with one attached hydrogen (secondary N) is 1. The highest BCUT2D eigenvalue weighted by atomic mass is 32.2. The van der Waals surface area contributed by atoms with Gasteiger partial charge in [-0.25, -0.2) is 12.7 Å². The maximum absolute atomic E-state index is 12.4. The van der Waals surface area contributed by atoms with E-state index in [4.69, 9.17) is 0 Å². The summed E-state index contributed by atoms with van der Waals surface area (Å²) >= 11 is 0. The van der Waals surface area contributed by atoms with Crippen molar-refractivity contribution in [2.24, 2.45) is 5.92 Å². The Morgan fingerprint density at radius 1 is 1.16 bits per heavy atom. The zero-order valence-electron chi connectivity index (χ0n) is 14.3. The highest BCUT2D eigenvalue weighted by molar-refractivity contribution is 7.88. The number of anilines is 2. The van der Waals surface area contributed by atoms with Crippen molar-refractivity contribution in [3.05, 3.63) is 24.3 Å². The molecule has 25 heavy (non-hydrogen) atoms. The third-order valence-electron chi connectivity index (χ3n) is 4.74. The van der Waals surface area contributed by atoms with Gasteiger partial charge in [0.2, 0.25) is 21.8 Å². The van der Waals surface area contributed by atoms with Crippen molar-refractivity contribution in [3.8, 4) is 0 Å². The molecule has 0 unspecified atom stereocenters. The lowest BCUT2D eigenvalue weighted by Gasteiger charge is -2.30. The molecule has 3 rings (SSSR count). The SMILES string of the molecule is CS(=O)(=O)N1CCC[C@H](C(=O)Nc2ccc(N3CCCC3=O)cc2)C1. The lowest BCUT2D eigenvalue weighted by molar-refractivity contribution is -0.121. The zero-order chi connectivity index (χ0) is 18.0. The predicted octanol–water partition coefficient (Wildman–Crippen LogP) is 1.42. The molecule has 2 heterocycles. The average Bonchev–Trinajstić information content (AvgIpc) is 3.01. The molecule has 0 saturated carbocycles. The summed E-state index contributed by atoms with van der Waals surface area (Å²) in [6.45, 7) is 1.43. The Morgan fingerprint density at radius 3 is 2.48 bits per heavy atom. The number of sulfonamides is 1. The van der Waals surface area contributed by atoms with Crippen LogP contribution in [0.4, 0.5) is 11.4 Å². The monoisotopic (exact) mass is 365 g/mol. The number of nitrogens with zero attached hydrogens (tertiary/aromatic N) is 2. The minimum Gasteiger partial charge on any atom is -0.326 e. The van der Waals surface area contributed by atoms with Crippen molar-refractivity contribution in [2.75, 3.05) is 36.1 Å². The van der Waals surface area contributed by atoms with Crippen LogP contribution >= 0.6 is 0 Å². The van der Waals surface area contributed by atoms with Gasteiger partial charge in [0.1, 0.15) is 0 Å². The molecule has 1 aromatic carbocycles. The van der Waals surface area contributed by atoms with E-state index in [1.807, 2.05) is 12.1 Å². The summed E-state index contributed by atoms with van der Waals surface area (Å²) in [7, 11) is -3.27. The summed E-state index contributed by atoms with van der Waals surface area (Å²) in [5.41, 5.74) is 1.48. The first-order valence-corrected chi connectivity index (χ1v) is 10.4. The van der Waals surface area contributed by atoms with Crippen molar-refractivity contribution in [1.29, 1.82) is 0 Å². The van der Waals surface area contributed by atoms with E-state index >= 15 is 0 Å². The van der Waals surface area contributed by atoms with E-state index in [9.17, 15) is 18.0 Å². The second-order valence-corrected chi connectivity index (χ2v) is 8.63. The van der Waals surface area contributed by atoms with Gasteiger partial charge in [-0.3, -0.25) is 9.59 Å². The van der Waals surface area contributed by atoms with Gasteiger partial charge in [0.25, 0.3) is 0 Å². The number of rotatable bonds is 4. The van der Waals surface area contributed by atoms with Gasteiger partial charge in [0.15, 0.2) is 0 Å². The summed E-state index contributed by atoms with van der Waals surface area (Å²) in [5.74, 6) is -0.387. The summed E-state index contributed by atoms with van der Waals surface area (Å²) in [5, 5.41) is 2.85. The first-order valence-electron chi connectivity index (χ1n) is 8.51. The number of carbonyl (C=O) groups excluding carboxylic acids is 2. The van der Waals surface area contributed by atoms with Crippen LogP contribution in [0.15, 0.2) is 24.3 Å². The van der Waals surface area contributed by atoms with Gasteiger partial charge in [-0.2, -0.15) is 0 Å². The minimum absolute atomic E-state index is 0.125. The van der Waals surface area contributed by atoms with E-state index < -0.39 is 10.0 Å². The number of benzene rings is 1. The van der Waals surface area contributed by atoms with Crippen LogP contribution in [0.5, 0.6) is 0 Å². The second kappa shape index (κ2) is 7.13. The molecule has 2 amide bonds. The molecule has 0 aliphatic carbocycles. The van der Waals surface area contributed by atoms with Gasteiger partial charge >= 0.3 is 0 Å². The van der Waals surface area contributed by atoms with E-state index in [-0.39, 0.29) is 24.3 Å². The first-order chi connectivity index (χ1) is 11.8. The van der Waals surface area contributed by atoms with Gasteiger partial charge in [0, 0.05) is 37.4 Å². The third-order valence-corrected chi connectivity index (χ3v) is 6.01. The van der Waals surface area contributed by atoms with Crippen LogP contribution in [0.1, 0.15) is 25.7 Å². The number of amides is 2. The molecule has 7 nitrogen and oxygen atoms in total. The van der Waals surface area contributed by atoms with Crippen LogP contribution < -0.4 is 10.2 Å². The number of carbonyl (C=O) groups is 2. The van der Waals surface area contributed by atoms with Crippen molar-refractivity contribution < 1.29 is 18.0 Å². The van der Waals surface area contributed by atoms with Crippen LogP contribution in [0.3, 0.4) is 0 Å². The Hall–Kier alpha value is -1.93. The molecule has 2 aliphatic heterocycles. The van der Waals surface area contributed by atoms with Crippen molar-refractivity contribution in [3.63, 3.8) is 0 Å². The molecule has 2 fully saturated rings. The summed E-state index contributed by atoms with van der Waals surface area (Å²) in [6, 6.07) is 7.19. The summed E-state index contributed by atoms with van der Waals surface area (Å²) in [6.07, 6.45) is 3.98. The Bertz CT molecular complexity index is 761. The molecule has 2 aliphatic rings. The van der Waals surface area contributed by atoms with Gasteiger partial charge < -0.3 is 10.2 Å². The van der Waals surface area contributed by atoms with E-state index in [0.717, 1.165) is 18.7 Å². The van der Waals surface area contributed by atoms with Crippen molar-refractivity contribution >= 4 is 33.2 Å². The van der Waals surface area contributed by atoms with Crippen molar-refractivity contribution in [2.45, 2.75) is 25.7 Å². The Kier molecular flexibility index (Phi) is 5.10. The smallest absolute Gasteiger partial charge is 0.228 e. The average molecular weight is 365 g/mol. The van der Waals surface area contributed by atoms with E-state index in [1.165, 1.54) is 10.6 Å². The Balaban J connectivity index is 1.62. The van der Waals surface area contributed by atoms with Gasteiger partial charge in [-0.15, -0.1) is 0 Å². The Labute approximate surface area is 148 Å². The molecule has 8 heteroatoms. The fourth-order valence-electron chi connectivity index (χ4n) is 3.35. The first kappa shape index (κ1) is 17.9. The number of hydrogen-bond donors (Lipinski definition) is 1. The highest BCUT2D eigenvalue weighted by Gasteiger charge is 2.30. The van der Waals surface area contributed by atoms with Crippen LogP contribution in [0.2, 0.25) is 0 Å². The molecule has 2 saturated heterocycles. The molecule has 0 spiro atoms. The maximum Gasteiger partial charge on any atom is 0.228 e. The van der Waals surface area contributed by atoms with Crippen LogP contribution in [0.25, 0.3) is 0 Å². The molecule has 0 aromatic heterocycles. The molecular weight excluding hydrogens is 342 g/mol. The standard InChI is InChI=1S/C17H23N3O4S/c1-25(23,24)19-10-2-4-13(12-19)17(22)18-14-6-8-15(9-7-14)20-11-3-5-16(20)21/h6-9,13H,2-5,10-12H2,1H3,(H,18,22)/t13-/m0/s1. The fraction of sp³-hybridized carbons (Fsp3) is 0.529. The summed E-state index contributed by atoms with van der Waals surface area (Å²) in [4.78, 5) is 25.9. The number of hydrogen-bond acceptors (Lipinski definition) is 4. The van der Waals surface area contributed by atoms with Gasteiger partial charge in [0.05, 0.1) is 12.2 Å². The van der Waals surface area contributed by atoms with Crippen LogP contribution in [-0.2, 0) is 19.6 Å². The van der Waals surface area contributed by atoms with Crippen LogP contribution in [-0.4, -0.2) is 50.4 Å². The lowest BCUT2D eigenvalue weighted by atomic mass is 9.98. The topological polar surface area (TPSA) is 86.8 Å². The number of piperidine rings is 1. The molecule has 0 bridgehead atoms. The summed E-state index contributed by atoms with van der Waals surface area (Å²) < 4.78 is 24.7. The zero-order valence-corrected chi connectivity index (χ0v) is 15.1.